The van der Waals surface area contributed by atoms with Crippen LogP contribution >= 0.6 is 0 Å². The number of benzene rings is 2. The number of hydrogen-bond donors (Lipinski definition) is 1. The summed E-state index contributed by atoms with van der Waals surface area (Å²) in [5.41, 5.74) is 4.03. The molecule has 0 radical (unpaired) electrons. The highest BCUT2D eigenvalue weighted by atomic mass is 14.9. The van der Waals surface area contributed by atoms with E-state index >= 15 is 0 Å². The molecule has 0 aliphatic heterocycles. The summed E-state index contributed by atoms with van der Waals surface area (Å²) in [6.45, 7) is 2.76. The summed E-state index contributed by atoms with van der Waals surface area (Å²) in [5.74, 6) is 0. The van der Waals surface area contributed by atoms with Crippen LogP contribution in [0.2, 0.25) is 0 Å². The SMILES string of the molecule is Cc1ccc(C#N)cc1NCc1cccc2cnccc12. The first-order chi connectivity index (χ1) is 10.3. The van der Waals surface area contributed by atoms with Crippen molar-refractivity contribution in [1.29, 1.82) is 5.26 Å². The van der Waals surface area contributed by atoms with Crippen LogP contribution in [0.4, 0.5) is 5.69 Å². The molecule has 1 N–H and O–H groups in total. The summed E-state index contributed by atoms with van der Waals surface area (Å²) < 4.78 is 0. The van der Waals surface area contributed by atoms with Gasteiger partial charge >= 0.3 is 0 Å². The maximum atomic E-state index is 8.99. The molecule has 0 aliphatic rings. The Balaban J connectivity index is 1.89. The smallest absolute Gasteiger partial charge is 0.0992 e. The fourth-order valence-corrected chi connectivity index (χ4v) is 2.42. The van der Waals surface area contributed by atoms with Crippen molar-refractivity contribution >= 4 is 16.5 Å². The van der Waals surface area contributed by atoms with Gasteiger partial charge in [0.2, 0.25) is 0 Å². The van der Waals surface area contributed by atoms with Gasteiger partial charge in [-0.05, 0) is 41.6 Å². The molecule has 0 spiro atoms. The van der Waals surface area contributed by atoms with E-state index in [1.807, 2.05) is 49.6 Å². The Kier molecular flexibility index (Phi) is 3.53. The van der Waals surface area contributed by atoms with Gasteiger partial charge in [-0.25, -0.2) is 0 Å². The highest BCUT2D eigenvalue weighted by molar-refractivity contribution is 5.85. The number of pyridine rings is 1. The Hall–Kier alpha value is -2.86. The van der Waals surface area contributed by atoms with Crippen LogP contribution in [0, 0.1) is 18.3 Å². The van der Waals surface area contributed by atoms with Crippen molar-refractivity contribution in [3.8, 4) is 6.07 Å². The quantitative estimate of drug-likeness (QED) is 0.783. The minimum atomic E-state index is 0.671. The van der Waals surface area contributed by atoms with Gasteiger partial charge < -0.3 is 5.32 Å². The van der Waals surface area contributed by atoms with Crippen LogP contribution in [0.15, 0.2) is 54.9 Å². The van der Waals surface area contributed by atoms with Crippen LogP contribution in [-0.4, -0.2) is 4.98 Å². The zero-order chi connectivity index (χ0) is 14.7. The summed E-state index contributed by atoms with van der Waals surface area (Å²) in [6.07, 6.45) is 3.69. The molecule has 3 heteroatoms. The minimum Gasteiger partial charge on any atom is -0.381 e. The Bertz CT molecular complexity index is 826. The van der Waals surface area contributed by atoms with Crippen molar-refractivity contribution in [3.63, 3.8) is 0 Å². The average molecular weight is 273 g/mol. The molecule has 0 bridgehead atoms. The maximum Gasteiger partial charge on any atom is 0.0992 e. The summed E-state index contributed by atoms with van der Waals surface area (Å²) in [4.78, 5) is 4.15. The molecule has 3 rings (SSSR count). The second kappa shape index (κ2) is 5.64. The van der Waals surface area contributed by atoms with Crippen molar-refractivity contribution in [3.05, 3.63) is 71.5 Å². The van der Waals surface area contributed by atoms with Gasteiger partial charge in [-0.1, -0.05) is 24.3 Å². The average Bonchev–Trinajstić information content (AvgIpc) is 2.54. The Labute approximate surface area is 123 Å². The van der Waals surface area contributed by atoms with Crippen LogP contribution in [0.3, 0.4) is 0 Å². The normalized spacial score (nSPS) is 10.3. The van der Waals surface area contributed by atoms with Gasteiger partial charge in [-0.3, -0.25) is 4.98 Å². The molecule has 1 heterocycles. The predicted molar refractivity (Wildman–Crippen MR) is 85.0 cm³/mol. The molecule has 0 atom stereocenters. The zero-order valence-corrected chi connectivity index (χ0v) is 11.8. The number of aromatic nitrogens is 1. The van der Waals surface area contributed by atoms with Crippen molar-refractivity contribution in [1.82, 2.24) is 4.98 Å². The molecule has 3 nitrogen and oxygen atoms in total. The van der Waals surface area contributed by atoms with Crippen molar-refractivity contribution in [2.75, 3.05) is 5.32 Å². The molecule has 2 aromatic carbocycles. The fraction of sp³-hybridized carbons (Fsp3) is 0.111. The third-order valence-corrected chi connectivity index (χ3v) is 3.61. The van der Waals surface area contributed by atoms with E-state index in [9.17, 15) is 0 Å². The lowest BCUT2D eigenvalue weighted by Gasteiger charge is -2.11. The van der Waals surface area contributed by atoms with Gasteiger partial charge in [0.25, 0.3) is 0 Å². The lowest BCUT2D eigenvalue weighted by atomic mass is 10.1. The van der Waals surface area contributed by atoms with Crippen LogP contribution < -0.4 is 5.32 Å². The number of fused-ring (bicyclic) bond motifs is 1. The Morgan fingerprint density at radius 2 is 2.10 bits per heavy atom. The number of aryl methyl sites for hydroxylation is 1. The van der Waals surface area contributed by atoms with Crippen molar-refractivity contribution in [2.45, 2.75) is 13.5 Å². The monoisotopic (exact) mass is 273 g/mol. The molecule has 0 saturated heterocycles. The van der Waals surface area contributed by atoms with E-state index in [2.05, 4.69) is 28.5 Å². The number of hydrogen-bond acceptors (Lipinski definition) is 3. The molecule has 0 aliphatic carbocycles. The molecule has 0 unspecified atom stereocenters. The molecular weight excluding hydrogens is 258 g/mol. The van der Waals surface area contributed by atoms with Crippen molar-refractivity contribution < 1.29 is 0 Å². The standard InChI is InChI=1S/C18H15N3/c1-13-5-6-14(10-19)9-18(13)21-12-16-4-2-3-15-11-20-8-7-17(15)16/h2-9,11,21H,12H2,1H3. The third kappa shape index (κ3) is 2.70. The number of nitriles is 1. The highest BCUT2D eigenvalue weighted by Crippen LogP contribution is 2.21. The Morgan fingerprint density at radius 1 is 1.19 bits per heavy atom. The highest BCUT2D eigenvalue weighted by Gasteiger charge is 2.03. The summed E-state index contributed by atoms with van der Waals surface area (Å²) in [5, 5.41) is 14.8. The van der Waals surface area contributed by atoms with Crippen molar-refractivity contribution in [2.24, 2.45) is 0 Å². The number of nitrogens with zero attached hydrogens (tertiary/aromatic N) is 2. The Morgan fingerprint density at radius 3 is 2.95 bits per heavy atom. The first kappa shape index (κ1) is 13.1. The molecular formula is C18H15N3. The molecule has 0 saturated carbocycles. The lowest BCUT2D eigenvalue weighted by Crippen LogP contribution is -2.02. The van der Waals surface area contributed by atoms with E-state index in [0.717, 1.165) is 23.2 Å². The summed E-state index contributed by atoms with van der Waals surface area (Å²) >= 11 is 0. The van der Waals surface area contributed by atoms with Crippen LogP contribution in [0.1, 0.15) is 16.7 Å². The fourth-order valence-electron chi connectivity index (χ4n) is 2.42. The molecule has 0 fully saturated rings. The van der Waals surface area contributed by atoms with Gasteiger partial charge in [0, 0.05) is 30.0 Å². The number of anilines is 1. The number of nitrogens with one attached hydrogen (secondary N) is 1. The molecule has 0 amide bonds. The predicted octanol–water partition coefficient (Wildman–Crippen LogP) is 4.03. The molecule has 1 aromatic heterocycles. The second-order valence-electron chi connectivity index (χ2n) is 5.01. The van der Waals surface area contributed by atoms with E-state index in [4.69, 9.17) is 5.26 Å². The zero-order valence-electron chi connectivity index (χ0n) is 11.8. The topological polar surface area (TPSA) is 48.7 Å². The maximum absolute atomic E-state index is 8.99. The second-order valence-corrected chi connectivity index (χ2v) is 5.01. The summed E-state index contributed by atoms with van der Waals surface area (Å²) in [6, 6.07) is 16.1. The third-order valence-electron chi connectivity index (χ3n) is 3.61. The molecule has 3 aromatic rings. The van der Waals surface area contributed by atoms with Gasteiger partial charge in [-0.15, -0.1) is 0 Å². The van der Waals surface area contributed by atoms with Crippen LogP contribution in [-0.2, 0) is 6.54 Å². The van der Waals surface area contributed by atoms with Gasteiger partial charge in [-0.2, -0.15) is 5.26 Å². The van der Waals surface area contributed by atoms with E-state index < -0.39 is 0 Å². The van der Waals surface area contributed by atoms with Gasteiger partial charge in [0.05, 0.1) is 11.6 Å². The first-order valence-corrected chi connectivity index (χ1v) is 6.84. The first-order valence-electron chi connectivity index (χ1n) is 6.84. The van der Waals surface area contributed by atoms with Gasteiger partial charge in [0.15, 0.2) is 0 Å². The van der Waals surface area contributed by atoms with Crippen LogP contribution in [0.5, 0.6) is 0 Å². The largest absolute Gasteiger partial charge is 0.381 e. The molecule has 21 heavy (non-hydrogen) atoms. The van der Waals surface area contributed by atoms with E-state index in [0.29, 0.717) is 5.56 Å². The minimum absolute atomic E-state index is 0.671. The van der Waals surface area contributed by atoms with E-state index in [1.165, 1.54) is 10.9 Å². The molecule has 102 valence electrons. The lowest BCUT2D eigenvalue weighted by molar-refractivity contribution is 1.15. The summed E-state index contributed by atoms with van der Waals surface area (Å²) in [7, 11) is 0. The number of rotatable bonds is 3. The van der Waals surface area contributed by atoms with E-state index in [-0.39, 0.29) is 0 Å². The van der Waals surface area contributed by atoms with E-state index in [1.54, 1.807) is 0 Å². The van der Waals surface area contributed by atoms with Gasteiger partial charge in [0.1, 0.15) is 0 Å². The van der Waals surface area contributed by atoms with Crippen LogP contribution in [0.25, 0.3) is 10.8 Å².